The molecule has 0 saturated carbocycles. The van der Waals surface area contributed by atoms with E-state index in [4.69, 9.17) is 18.9 Å². The third-order valence-electron chi connectivity index (χ3n) is 2.23. The van der Waals surface area contributed by atoms with Crippen LogP contribution >= 0.6 is 0 Å². The molecule has 7 nitrogen and oxygen atoms in total. The van der Waals surface area contributed by atoms with Crippen LogP contribution < -0.4 is 9.47 Å². The van der Waals surface area contributed by atoms with E-state index < -0.39 is 4.92 Å². The van der Waals surface area contributed by atoms with Crippen LogP contribution in [0.2, 0.25) is 0 Å². The van der Waals surface area contributed by atoms with Gasteiger partial charge in [-0.3, -0.25) is 10.1 Å². The van der Waals surface area contributed by atoms with Crippen molar-refractivity contribution in [2.75, 3.05) is 40.6 Å². The van der Waals surface area contributed by atoms with Crippen molar-refractivity contribution in [1.82, 2.24) is 0 Å². The van der Waals surface area contributed by atoms with Crippen molar-refractivity contribution in [3.8, 4) is 11.5 Å². The number of benzene rings is 1. The van der Waals surface area contributed by atoms with Crippen LogP contribution in [0.3, 0.4) is 0 Å². The van der Waals surface area contributed by atoms with Gasteiger partial charge in [-0.25, -0.2) is 0 Å². The minimum Gasteiger partial charge on any atom is -0.484 e. The largest absolute Gasteiger partial charge is 0.484 e. The summed E-state index contributed by atoms with van der Waals surface area (Å²) in [5.41, 5.74) is -0.185. The molecule has 0 atom stereocenters. The third kappa shape index (κ3) is 4.72. The molecular weight excluding hydrogens is 254 g/mol. The van der Waals surface area contributed by atoms with E-state index in [0.717, 1.165) is 0 Å². The van der Waals surface area contributed by atoms with Crippen LogP contribution in [0, 0.1) is 10.1 Å². The predicted molar refractivity (Wildman–Crippen MR) is 67.8 cm³/mol. The SMILES string of the molecule is COCCOc1cccc(OCCOC)c1[N+](=O)[O-]. The lowest BCUT2D eigenvalue weighted by atomic mass is 10.2. The van der Waals surface area contributed by atoms with E-state index >= 15 is 0 Å². The Kier molecular flexibility index (Phi) is 6.62. The molecule has 0 fully saturated rings. The summed E-state index contributed by atoms with van der Waals surface area (Å²) in [6.45, 7) is 1.18. The Bertz CT molecular complexity index is 381. The molecule has 0 aliphatic heterocycles. The van der Waals surface area contributed by atoms with E-state index in [1.54, 1.807) is 6.07 Å². The van der Waals surface area contributed by atoms with Gasteiger partial charge in [0.05, 0.1) is 18.1 Å². The van der Waals surface area contributed by atoms with Crippen molar-refractivity contribution in [3.63, 3.8) is 0 Å². The van der Waals surface area contributed by atoms with Crippen LogP contribution in [-0.2, 0) is 9.47 Å². The lowest BCUT2D eigenvalue weighted by molar-refractivity contribution is -0.386. The summed E-state index contributed by atoms with van der Waals surface area (Å²) >= 11 is 0. The molecule has 0 bridgehead atoms. The number of methoxy groups -OCH3 is 2. The molecular formula is C12H17NO6. The fraction of sp³-hybridized carbons (Fsp3) is 0.500. The highest BCUT2D eigenvalue weighted by atomic mass is 16.6. The van der Waals surface area contributed by atoms with Crippen LogP contribution in [-0.4, -0.2) is 45.6 Å². The zero-order chi connectivity index (χ0) is 14.1. The average Bonchev–Trinajstić information content (AvgIpc) is 2.39. The Labute approximate surface area is 111 Å². The minimum atomic E-state index is -0.524. The lowest BCUT2D eigenvalue weighted by Gasteiger charge is -2.10. The molecule has 0 N–H and O–H groups in total. The number of nitro groups is 1. The van der Waals surface area contributed by atoms with Gasteiger partial charge in [0, 0.05) is 14.2 Å². The zero-order valence-electron chi connectivity index (χ0n) is 11.0. The number of nitro benzene ring substituents is 1. The summed E-state index contributed by atoms with van der Waals surface area (Å²) in [5.74, 6) is 0.328. The number of rotatable bonds is 9. The average molecular weight is 271 g/mol. The molecule has 0 radical (unpaired) electrons. The van der Waals surface area contributed by atoms with Gasteiger partial charge < -0.3 is 18.9 Å². The molecule has 19 heavy (non-hydrogen) atoms. The van der Waals surface area contributed by atoms with E-state index in [-0.39, 0.29) is 30.4 Å². The Hall–Kier alpha value is -1.86. The van der Waals surface area contributed by atoms with Crippen LogP contribution in [0.15, 0.2) is 18.2 Å². The van der Waals surface area contributed by atoms with Crippen molar-refractivity contribution in [3.05, 3.63) is 28.3 Å². The Morgan fingerprint density at radius 1 is 1.00 bits per heavy atom. The highest BCUT2D eigenvalue weighted by molar-refractivity contribution is 5.57. The quantitative estimate of drug-likeness (QED) is 0.386. The number of ether oxygens (including phenoxy) is 4. The molecule has 0 heterocycles. The van der Waals surface area contributed by atoms with Crippen molar-refractivity contribution >= 4 is 5.69 Å². The fourth-order valence-corrected chi connectivity index (χ4v) is 1.39. The van der Waals surface area contributed by atoms with Crippen molar-refractivity contribution in [1.29, 1.82) is 0 Å². The zero-order valence-corrected chi connectivity index (χ0v) is 11.0. The van der Waals surface area contributed by atoms with Gasteiger partial charge in [0.1, 0.15) is 13.2 Å². The first-order valence-electron chi connectivity index (χ1n) is 5.71. The molecule has 0 spiro atoms. The maximum absolute atomic E-state index is 11.1. The van der Waals surface area contributed by atoms with Gasteiger partial charge in [-0.1, -0.05) is 6.07 Å². The summed E-state index contributed by atoms with van der Waals surface area (Å²) < 4.78 is 20.3. The molecule has 1 aromatic rings. The summed E-state index contributed by atoms with van der Waals surface area (Å²) in [5, 5.41) is 11.1. The molecule has 106 valence electrons. The van der Waals surface area contributed by atoms with Crippen LogP contribution in [0.4, 0.5) is 5.69 Å². The first-order valence-corrected chi connectivity index (χ1v) is 5.71. The molecule has 0 amide bonds. The fourth-order valence-electron chi connectivity index (χ4n) is 1.39. The van der Waals surface area contributed by atoms with Gasteiger partial charge in [0.15, 0.2) is 0 Å². The maximum atomic E-state index is 11.1. The number of hydrogen-bond donors (Lipinski definition) is 0. The first-order chi connectivity index (χ1) is 9.20. The molecule has 0 aliphatic rings. The van der Waals surface area contributed by atoms with Crippen LogP contribution in [0.1, 0.15) is 0 Å². The summed E-state index contributed by atoms with van der Waals surface area (Å²) in [6, 6.07) is 4.69. The summed E-state index contributed by atoms with van der Waals surface area (Å²) in [6.07, 6.45) is 0. The van der Waals surface area contributed by atoms with Crippen LogP contribution in [0.25, 0.3) is 0 Å². The predicted octanol–water partition coefficient (Wildman–Crippen LogP) is 1.65. The van der Waals surface area contributed by atoms with Crippen molar-refractivity contribution in [2.24, 2.45) is 0 Å². The van der Waals surface area contributed by atoms with E-state index in [0.29, 0.717) is 13.2 Å². The molecule has 0 saturated heterocycles. The molecule has 0 unspecified atom stereocenters. The van der Waals surface area contributed by atoms with Gasteiger partial charge in [0.25, 0.3) is 0 Å². The smallest absolute Gasteiger partial charge is 0.352 e. The molecule has 1 rings (SSSR count). The topological polar surface area (TPSA) is 80.1 Å². The van der Waals surface area contributed by atoms with Gasteiger partial charge in [-0.05, 0) is 12.1 Å². The highest BCUT2D eigenvalue weighted by Gasteiger charge is 2.22. The third-order valence-corrected chi connectivity index (χ3v) is 2.23. The Morgan fingerprint density at radius 3 is 1.84 bits per heavy atom. The Morgan fingerprint density at radius 2 is 1.47 bits per heavy atom. The molecule has 0 aromatic heterocycles. The van der Waals surface area contributed by atoms with Crippen molar-refractivity contribution in [2.45, 2.75) is 0 Å². The first kappa shape index (κ1) is 15.2. The second-order valence-corrected chi connectivity index (χ2v) is 3.54. The second-order valence-electron chi connectivity index (χ2n) is 3.54. The molecule has 1 aromatic carbocycles. The Balaban J connectivity index is 2.84. The maximum Gasteiger partial charge on any atom is 0.352 e. The minimum absolute atomic E-state index is 0.164. The number of hydrogen-bond acceptors (Lipinski definition) is 6. The van der Waals surface area contributed by atoms with Gasteiger partial charge in [-0.2, -0.15) is 0 Å². The van der Waals surface area contributed by atoms with Gasteiger partial charge in [0.2, 0.25) is 11.5 Å². The monoisotopic (exact) mass is 271 g/mol. The van der Waals surface area contributed by atoms with E-state index in [9.17, 15) is 10.1 Å². The molecule has 0 aliphatic carbocycles. The van der Waals surface area contributed by atoms with Crippen LogP contribution in [0.5, 0.6) is 11.5 Å². The normalized spacial score (nSPS) is 10.2. The summed E-state index contributed by atoms with van der Waals surface area (Å²) in [4.78, 5) is 10.6. The van der Waals surface area contributed by atoms with E-state index in [1.807, 2.05) is 0 Å². The van der Waals surface area contributed by atoms with E-state index in [2.05, 4.69) is 0 Å². The summed E-state index contributed by atoms with van der Waals surface area (Å²) in [7, 11) is 3.06. The van der Waals surface area contributed by atoms with Crippen molar-refractivity contribution < 1.29 is 23.9 Å². The van der Waals surface area contributed by atoms with Gasteiger partial charge >= 0.3 is 5.69 Å². The lowest BCUT2D eigenvalue weighted by Crippen LogP contribution is -2.09. The number of nitrogens with zero attached hydrogens (tertiary/aromatic N) is 1. The standard InChI is InChI=1S/C12H17NO6/c1-16-6-8-18-10-4-3-5-11(12(10)13(14)15)19-9-7-17-2/h3-5H,6-9H2,1-2H3. The number of para-hydroxylation sites is 1. The molecule has 7 heteroatoms. The highest BCUT2D eigenvalue weighted by Crippen LogP contribution is 2.36. The second kappa shape index (κ2) is 8.28. The van der Waals surface area contributed by atoms with E-state index in [1.165, 1.54) is 26.4 Å². The van der Waals surface area contributed by atoms with Gasteiger partial charge in [-0.15, -0.1) is 0 Å².